The topological polar surface area (TPSA) is 91.1 Å². The maximum Gasteiger partial charge on any atom is 0.244 e. The van der Waals surface area contributed by atoms with Gasteiger partial charge >= 0.3 is 0 Å². The summed E-state index contributed by atoms with van der Waals surface area (Å²) in [5, 5.41) is 17.1. The highest BCUT2D eigenvalue weighted by Gasteiger charge is 2.58. The number of sulfonamides is 1. The van der Waals surface area contributed by atoms with Gasteiger partial charge in [-0.25, -0.2) is 13.2 Å². The smallest absolute Gasteiger partial charge is 0.244 e. The molecule has 0 aromatic carbocycles. The van der Waals surface area contributed by atoms with Gasteiger partial charge in [0.1, 0.15) is 11.4 Å². The van der Waals surface area contributed by atoms with Gasteiger partial charge in [0.2, 0.25) is 10.0 Å². The molecule has 3 fully saturated rings. The summed E-state index contributed by atoms with van der Waals surface area (Å²) in [5.41, 5.74) is 2.71. The minimum absolute atomic E-state index is 0.0260. The Morgan fingerprint density at radius 3 is 2.61 bits per heavy atom. The molecular formula is C21H33N3O3S. The molecule has 156 valence electrons. The third kappa shape index (κ3) is 3.01. The lowest BCUT2D eigenvalue weighted by Crippen LogP contribution is -2.51. The maximum atomic E-state index is 11.4. The van der Waals surface area contributed by atoms with Gasteiger partial charge in [-0.05, 0) is 79.1 Å². The van der Waals surface area contributed by atoms with E-state index in [1.807, 2.05) is 6.08 Å². The van der Waals surface area contributed by atoms with Crippen LogP contribution in [0, 0.1) is 34.5 Å². The molecular weight excluding hydrogens is 374 g/mol. The molecule has 6 atom stereocenters. The molecule has 0 heterocycles. The van der Waals surface area contributed by atoms with E-state index in [9.17, 15) is 13.6 Å². The van der Waals surface area contributed by atoms with E-state index < -0.39 is 10.0 Å². The summed E-state index contributed by atoms with van der Waals surface area (Å²) in [6.45, 7) is 7.27. The van der Waals surface area contributed by atoms with Gasteiger partial charge in [-0.3, -0.25) is 0 Å². The summed E-state index contributed by atoms with van der Waals surface area (Å²) in [4.78, 5) is 2.18. The predicted octanol–water partition coefficient (Wildman–Crippen LogP) is 3.93. The Morgan fingerprint density at radius 1 is 1.18 bits per heavy atom. The molecule has 0 radical (unpaired) electrons. The van der Waals surface area contributed by atoms with Crippen molar-refractivity contribution in [2.75, 3.05) is 6.26 Å². The second kappa shape index (κ2) is 6.57. The van der Waals surface area contributed by atoms with Crippen molar-refractivity contribution in [3.05, 3.63) is 11.6 Å². The first-order valence-corrected chi connectivity index (χ1v) is 12.4. The van der Waals surface area contributed by atoms with Gasteiger partial charge in [-0.1, -0.05) is 31.5 Å². The minimum Gasteiger partial charge on any atom is -0.411 e. The highest BCUT2D eigenvalue weighted by Crippen LogP contribution is 2.66. The summed E-state index contributed by atoms with van der Waals surface area (Å²) in [5.74, 6) is 2.94. The Balaban J connectivity index is 1.68. The van der Waals surface area contributed by atoms with Crippen molar-refractivity contribution in [3.63, 3.8) is 0 Å². The van der Waals surface area contributed by atoms with Crippen LogP contribution in [0.15, 0.2) is 21.9 Å². The lowest BCUT2D eigenvalue weighted by Gasteiger charge is -2.58. The molecule has 4 rings (SSSR count). The number of hydrogen-bond acceptors (Lipinski definition) is 5. The number of fused-ring (bicyclic) bond motifs is 5. The summed E-state index contributed by atoms with van der Waals surface area (Å²) >= 11 is 0. The first-order valence-electron chi connectivity index (χ1n) is 10.6. The van der Waals surface area contributed by atoms with Crippen LogP contribution in [-0.2, 0) is 10.0 Å². The zero-order valence-corrected chi connectivity index (χ0v) is 18.2. The lowest BCUT2D eigenvalue weighted by atomic mass is 9.47. The molecule has 0 aliphatic heterocycles. The van der Waals surface area contributed by atoms with Gasteiger partial charge in [0.05, 0.1) is 6.26 Å². The third-order valence-electron chi connectivity index (χ3n) is 8.80. The van der Waals surface area contributed by atoms with Crippen molar-refractivity contribution in [2.45, 2.75) is 65.7 Å². The number of rotatable bonds is 2. The molecule has 7 heteroatoms. The van der Waals surface area contributed by atoms with Crippen molar-refractivity contribution >= 4 is 21.4 Å². The van der Waals surface area contributed by atoms with Gasteiger partial charge < -0.3 is 5.21 Å². The molecule has 28 heavy (non-hydrogen) atoms. The van der Waals surface area contributed by atoms with Crippen LogP contribution >= 0.6 is 0 Å². The lowest BCUT2D eigenvalue weighted by molar-refractivity contribution is -0.0420. The van der Waals surface area contributed by atoms with E-state index >= 15 is 0 Å². The molecule has 6 nitrogen and oxygen atoms in total. The molecule has 0 aromatic heterocycles. The van der Waals surface area contributed by atoms with E-state index in [4.69, 9.17) is 0 Å². The van der Waals surface area contributed by atoms with Crippen molar-refractivity contribution < 1.29 is 13.6 Å². The van der Waals surface area contributed by atoms with Gasteiger partial charge in [-0.2, -0.15) is 5.10 Å². The molecule has 0 aromatic rings. The standard InChI is InChI=1S/C21H33N3O3S/c1-13-5-8-16-15-7-6-14-11-18(22-24-28(4,26)27)19(23-25)12-21(14,3)17(15)9-10-20(13,16)2/h11,13,15-17,24-25H,5-10,12H2,1-4H3/t13-,15-,16-,17-,20+,21-/m0/s1. The van der Waals surface area contributed by atoms with Crippen molar-refractivity contribution in [1.82, 2.24) is 4.83 Å². The monoisotopic (exact) mass is 407 g/mol. The quantitative estimate of drug-likeness (QED) is 0.537. The van der Waals surface area contributed by atoms with E-state index in [1.54, 1.807) is 0 Å². The zero-order valence-electron chi connectivity index (χ0n) is 17.4. The first-order chi connectivity index (χ1) is 13.1. The van der Waals surface area contributed by atoms with Crippen LogP contribution in [0.2, 0.25) is 0 Å². The SMILES string of the molecule is C[C@H]1CC[C@H]2[C@@H]3CCC4=CC(=NNS(C)(=O)=O)C(=NO)C[C@]4(C)[C@H]3CC[C@]12C. The summed E-state index contributed by atoms with van der Waals surface area (Å²) in [6.07, 6.45) is 11.1. The van der Waals surface area contributed by atoms with Crippen LogP contribution in [0.4, 0.5) is 0 Å². The highest BCUT2D eigenvalue weighted by atomic mass is 32.2. The average molecular weight is 408 g/mol. The molecule has 4 aliphatic rings. The van der Waals surface area contributed by atoms with Crippen LogP contribution in [0.25, 0.3) is 0 Å². The largest absolute Gasteiger partial charge is 0.411 e. The van der Waals surface area contributed by atoms with Crippen LogP contribution in [0.3, 0.4) is 0 Å². The molecule has 4 aliphatic carbocycles. The number of hydrogen-bond donors (Lipinski definition) is 2. The Labute approximate surface area is 168 Å². The number of nitrogens with zero attached hydrogens (tertiary/aromatic N) is 2. The molecule has 0 spiro atoms. The van der Waals surface area contributed by atoms with Crippen molar-refractivity contribution in [1.29, 1.82) is 0 Å². The third-order valence-corrected chi connectivity index (χ3v) is 9.23. The van der Waals surface area contributed by atoms with Gasteiger partial charge in [0.25, 0.3) is 0 Å². The first kappa shape index (κ1) is 19.9. The minimum atomic E-state index is -3.44. The molecule has 0 amide bonds. The molecule has 0 bridgehead atoms. The Hall–Kier alpha value is -1.37. The number of hydrazone groups is 1. The van der Waals surface area contributed by atoms with Gasteiger partial charge in [0.15, 0.2) is 0 Å². The number of allylic oxidation sites excluding steroid dienone is 2. The van der Waals surface area contributed by atoms with E-state index in [0.29, 0.717) is 29.2 Å². The molecule has 0 unspecified atom stereocenters. The maximum absolute atomic E-state index is 11.4. The zero-order chi connectivity index (χ0) is 20.3. The van der Waals surface area contributed by atoms with E-state index in [-0.39, 0.29) is 5.41 Å². The Kier molecular flexibility index (Phi) is 4.68. The number of oxime groups is 1. The fourth-order valence-corrected chi connectivity index (χ4v) is 7.34. The summed E-state index contributed by atoms with van der Waals surface area (Å²) in [6, 6.07) is 0. The Bertz CT molecular complexity index is 862. The van der Waals surface area contributed by atoms with Crippen LogP contribution in [0.5, 0.6) is 0 Å². The van der Waals surface area contributed by atoms with Crippen LogP contribution in [-0.4, -0.2) is 31.3 Å². The van der Waals surface area contributed by atoms with Crippen LogP contribution < -0.4 is 4.83 Å². The second-order valence-corrected chi connectivity index (χ2v) is 11.8. The van der Waals surface area contributed by atoms with Crippen LogP contribution in [0.1, 0.15) is 65.7 Å². The Morgan fingerprint density at radius 2 is 1.93 bits per heavy atom. The average Bonchev–Trinajstić information content (AvgIpc) is 2.93. The second-order valence-electron chi connectivity index (χ2n) is 10.1. The van der Waals surface area contributed by atoms with Crippen molar-refractivity contribution in [3.8, 4) is 0 Å². The molecule has 3 saturated carbocycles. The van der Waals surface area contributed by atoms with E-state index in [1.165, 1.54) is 37.7 Å². The molecule has 2 N–H and O–H groups in total. The van der Waals surface area contributed by atoms with Gasteiger partial charge in [0, 0.05) is 6.42 Å². The van der Waals surface area contributed by atoms with Crippen molar-refractivity contribution in [2.24, 2.45) is 44.8 Å². The molecule has 0 saturated heterocycles. The predicted molar refractivity (Wildman–Crippen MR) is 111 cm³/mol. The fourth-order valence-electron chi connectivity index (χ4n) is 7.07. The highest BCUT2D eigenvalue weighted by molar-refractivity contribution is 7.88. The fraction of sp³-hybridized carbons (Fsp3) is 0.810. The van der Waals surface area contributed by atoms with E-state index in [0.717, 1.165) is 30.4 Å². The summed E-state index contributed by atoms with van der Waals surface area (Å²) < 4.78 is 22.8. The summed E-state index contributed by atoms with van der Waals surface area (Å²) in [7, 11) is -3.44. The van der Waals surface area contributed by atoms with Gasteiger partial charge in [-0.15, -0.1) is 0 Å². The number of nitrogens with one attached hydrogen (secondary N) is 1. The normalized spacial score (nSPS) is 45.9. The van der Waals surface area contributed by atoms with E-state index in [2.05, 4.69) is 35.9 Å².